The van der Waals surface area contributed by atoms with Crippen molar-refractivity contribution < 1.29 is 24.5 Å². The summed E-state index contributed by atoms with van der Waals surface area (Å²) in [5.41, 5.74) is 0. The summed E-state index contributed by atoms with van der Waals surface area (Å²) in [5, 5.41) is 23.4. The highest BCUT2D eigenvalue weighted by atomic mass is 16.5. The second kappa shape index (κ2) is 72.3. The molecule has 0 radical (unpaired) electrons. The van der Waals surface area contributed by atoms with Crippen molar-refractivity contribution in [3.63, 3.8) is 0 Å². The molecule has 0 bridgehead atoms. The van der Waals surface area contributed by atoms with Gasteiger partial charge in [-0.05, 0) is 25.7 Å². The van der Waals surface area contributed by atoms with Crippen LogP contribution < -0.4 is 5.32 Å². The van der Waals surface area contributed by atoms with Crippen LogP contribution in [0.25, 0.3) is 0 Å². The molecule has 0 aromatic carbocycles. The van der Waals surface area contributed by atoms with Gasteiger partial charge in [-0.1, -0.05) is 412 Å². The number of esters is 1. The van der Waals surface area contributed by atoms with Crippen LogP contribution in [0.3, 0.4) is 0 Å². The van der Waals surface area contributed by atoms with Crippen LogP contribution >= 0.6 is 0 Å². The lowest BCUT2D eigenvalue weighted by Crippen LogP contribution is -2.45. The highest BCUT2D eigenvalue weighted by Gasteiger charge is 2.20. The Hall–Kier alpha value is -1.14. The SMILES string of the molecule is CCCCCCCCCCCCCCCCCCCCCCC(O)C(CO)NC(=O)CCCCCCCCCCCCCCCCCCCCCCCCCCCCCCCCCCOC(=O)CCCCCCCCCCCCCCC. The van der Waals surface area contributed by atoms with Crippen molar-refractivity contribution in [2.24, 2.45) is 0 Å². The fourth-order valence-corrected chi connectivity index (χ4v) is 12.6. The van der Waals surface area contributed by atoms with E-state index in [9.17, 15) is 19.8 Å². The Balaban J connectivity index is 3.31. The molecule has 0 aliphatic carbocycles. The lowest BCUT2D eigenvalue weighted by Gasteiger charge is -2.22. The molecule has 0 aliphatic heterocycles. The molecule has 6 heteroatoms. The molecule has 0 heterocycles. The summed E-state index contributed by atoms with van der Waals surface area (Å²) in [6.07, 6.45) is 89.0. The van der Waals surface area contributed by atoms with E-state index in [1.807, 2.05) is 0 Å². The van der Waals surface area contributed by atoms with Gasteiger partial charge >= 0.3 is 5.97 Å². The summed E-state index contributed by atoms with van der Waals surface area (Å²) in [6, 6.07) is -0.538. The lowest BCUT2D eigenvalue weighted by molar-refractivity contribution is -0.143. The third kappa shape index (κ3) is 68.0. The molecule has 2 unspecified atom stereocenters. The normalized spacial score (nSPS) is 12.4. The standard InChI is InChI=1S/C76H151NO5/c1-3-5-7-9-11-13-15-17-18-19-20-35-38-41-45-48-52-56-60-64-68-74(79)73(72-78)77-75(80)69-65-61-57-53-49-46-42-39-36-33-31-29-27-25-23-21-22-24-26-28-30-32-34-37-40-43-47-51-55-59-63-67-71-82-76(81)70-66-62-58-54-50-44-16-14-12-10-8-6-4-2/h73-74,78-79H,3-72H2,1-2H3,(H,77,80). The molecule has 0 saturated carbocycles. The first-order valence-electron chi connectivity index (χ1n) is 38.3. The first-order valence-corrected chi connectivity index (χ1v) is 38.3. The van der Waals surface area contributed by atoms with Crippen molar-refractivity contribution in [1.82, 2.24) is 5.32 Å². The summed E-state index contributed by atoms with van der Waals surface area (Å²) < 4.78 is 5.50. The van der Waals surface area contributed by atoms with Crippen molar-refractivity contribution in [3.05, 3.63) is 0 Å². The molecule has 1 amide bonds. The molecular weight excluding hydrogens is 1010 g/mol. The molecule has 0 fully saturated rings. The zero-order valence-electron chi connectivity index (χ0n) is 56.3. The quantitative estimate of drug-likeness (QED) is 0.0417. The third-order valence-corrected chi connectivity index (χ3v) is 18.4. The Labute approximate surface area is 515 Å². The maximum Gasteiger partial charge on any atom is 0.305 e. The van der Waals surface area contributed by atoms with E-state index in [0.29, 0.717) is 25.9 Å². The molecule has 6 nitrogen and oxygen atoms in total. The number of amides is 1. The number of unbranched alkanes of at least 4 members (excludes halogenated alkanes) is 62. The van der Waals surface area contributed by atoms with Crippen molar-refractivity contribution in [3.8, 4) is 0 Å². The fraction of sp³-hybridized carbons (Fsp3) is 0.974. The van der Waals surface area contributed by atoms with Gasteiger partial charge in [0.05, 0.1) is 25.4 Å². The van der Waals surface area contributed by atoms with Gasteiger partial charge in [0, 0.05) is 12.8 Å². The number of carbonyl (C=O) groups excluding carboxylic acids is 2. The Morgan fingerprint density at radius 3 is 0.744 bits per heavy atom. The van der Waals surface area contributed by atoms with E-state index in [4.69, 9.17) is 4.74 Å². The van der Waals surface area contributed by atoms with Crippen molar-refractivity contribution >= 4 is 11.9 Å². The average molecular weight is 1160 g/mol. The summed E-state index contributed by atoms with van der Waals surface area (Å²) in [5.74, 6) is -0.000631. The number of aliphatic hydroxyl groups excluding tert-OH is 2. The predicted molar refractivity (Wildman–Crippen MR) is 361 cm³/mol. The van der Waals surface area contributed by atoms with Crippen LogP contribution in [-0.4, -0.2) is 47.4 Å². The molecule has 0 aromatic heterocycles. The van der Waals surface area contributed by atoms with Crippen molar-refractivity contribution in [2.45, 2.75) is 463 Å². The Bertz CT molecular complexity index is 1200. The van der Waals surface area contributed by atoms with Gasteiger partial charge in [0.25, 0.3) is 0 Å². The number of ether oxygens (including phenoxy) is 1. The largest absolute Gasteiger partial charge is 0.466 e. The summed E-state index contributed by atoms with van der Waals surface area (Å²) >= 11 is 0. The van der Waals surface area contributed by atoms with E-state index in [0.717, 1.165) is 38.5 Å². The third-order valence-electron chi connectivity index (χ3n) is 18.4. The van der Waals surface area contributed by atoms with Crippen LogP contribution in [0.4, 0.5) is 0 Å². The van der Waals surface area contributed by atoms with Crippen LogP contribution in [0.1, 0.15) is 450 Å². The monoisotopic (exact) mass is 1160 g/mol. The van der Waals surface area contributed by atoms with E-state index >= 15 is 0 Å². The maximum absolute atomic E-state index is 12.6. The molecule has 0 saturated heterocycles. The summed E-state index contributed by atoms with van der Waals surface area (Å²) in [4.78, 5) is 24.6. The van der Waals surface area contributed by atoms with Crippen LogP contribution in [0, 0.1) is 0 Å². The molecule has 82 heavy (non-hydrogen) atoms. The smallest absolute Gasteiger partial charge is 0.305 e. The van der Waals surface area contributed by atoms with Gasteiger partial charge in [0.2, 0.25) is 5.91 Å². The van der Waals surface area contributed by atoms with Gasteiger partial charge in [-0.15, -0.1) is 0 Å². The second-order valence-corrected chi connectivity index (χ2v) is 26.7. The van der Waals surface area contributed by atoms with Gasteiger partial charge in [0.15, 0.2) is 0 Å². The molecular formula is C76H151NO5. The predicted octanol–water partition coefficient (Wildman–Crippen LogP) is 24.9. The molecule has 0 rings (SSSR count). The van der Waals surface area contributed by atoms with Gasteiger partial charge in [-0.2, -0.15) is 0 Å². The fourth-order valence-electron chi connectivity index (χ4n) is 12.6. The zero-order chi connectivity index (χ0) is 59.2. The first-order chi connectivity index (χ1) is 40.5. The Morgan fingerprint density at radius 1 is 0.293 bits per heavy atom. The minimum atomic E-state index is -0.661. The number of hydrogen-bond donors (Lipinski definition) is 3. The molecule has 0 aliphatic rings. The molecule has 0 spiro atoms. The van der Waals surface area contributed by atoms with Crippen molar-refractivity contribution in [1.29, 1.82) is 0 Å². The lowest BCUT2D eigenvalue weighted by atomic mass is 10.0. The zero-order valence-corrected chi connectivity index (χ0v) is 56.3. The summed E-state index contributed by atoms with van der Waals surface area (Å²) in [7, 11) is 0. The second-order valence-electron chi connectivity index (χ2n) is 26.7. The summed E-state index contributed by atoms with van der Waals surface area (Å²) in [6.45, 7) is 5.01. The molecule has 0 aromatic rings. The van der Waals surface area contributed by atoms with Crippen LogP contribution in [0.5, 0.6) is 0 Å². The minimum absolute atomic E-state index is 0.0241. The van der Waals surface area contributed by atoms with E-state index in [1.165, 1.54) is 379 Å². The topological polar surface area (TPSA) is 95.9 Å². The first kappa shape index (κ1) is 80.9. The van der Waals surface area contributed by atoms with Gasteiger partial charge in [-0.3, -0.25) is 9.59 Å². The van der Waals surface area contributed by atoms with E-state index < -0.39 is 12.1 Å². The van der Waals surface area contributed by atoms with E-state index in [1.54, 1.807) is 0 Å². The number of carbonyl (C=O) groups is 2. The number of nitrogens with one attached hydrogen (secondary N) is 1. The highest BCUT2D eigenvalue weighted by Crippen LogP contribution is 2.20. The maximum atomic E-state index is 12.6. The van der Waals surface area contributed by atoms with Crippen molar-refractivity contribution in [2.75, 3.05) is 13.2 Å². The number of rotatable bonds is 73. The Morgan fingerprint density at radius 2 is 0.500 bits per heavy atom. The molecule has 490 valence electrons. The van der Waals surface area contributed by atoms with Gasteiger partial charge < -0.3 is 20.3 Å². The molecule has 2 atom stereocenters. The van der Waals surface area contributed by atoms with E-state index in [2.05, 4.69) is 19.2 Å². The minimum Gasteiger partial charge on any atom is -0.466 e. The number of aliphatic hydroxyl groups is 2. The Kier molecular flexibility index (Phi) is 71.3. The van der Waals surface area contributed by atoms with Crippen LogP contribution in [-0.2, 0) is 14.3 Å². The molecule has 3 N–H and O–H groups in total. The highest BCUT2D eigenvalue weighted by molar-refractivity contribution is 5.76. The van der Waals surface area contributed by atoms with Crippen LogP contribution in [0.2, 0.25) is 0 Å². The van der Waals surface area contributed by atoms with Gasteiger partial charge in [-0.25, -0.2) is 0 Å². The van der Waals surface area contributed by atoms with Gasteiger partial charge in [0.1, 0.15) is 0 Å². The van der Waals surface area contributed by atoms with Crippen LogP contribution in [0.15, 0.2) is 0 Å². The number of hydrogen-bond acceptors (Lipinski definition) is 5. The van der Waals surface area contributed by atoms with E-state index in [-0.39, 0.29) is 18.5 Å². The average Bonchev–Trinajstić information content (AvgIpc) is 3.48.